The van der Waals surface area contributed by atoms with Gasteiger partial charge in [-0.3, -0.25) is 4.99 Å². The van der Waals surface area contributed by atoms with Gasteiger partial charge in [0.15, 0.2) is 15.8 Å². The van der Waals surface area contributed by atoms with Crippen LogP contribution in [-0.4, -0.2) is 65.3 Å². The molecule has 1 aromatic rings. The molecule has 2 aliphatic heterocycles. The molecule has 2 heterocycles. The first-order valence-corrected chi connectivity index (χ1v) is 11.8. The number of sulfone groups is 1. The first kappa shape index (κ1) is 24.2. The molecule has 1 atom stereocenters. The predicted molar refractivity (Wildman–Crippen MR) is 126 cm³/mol. The highest BCUT2D eigenvalue weighted by Gasteiger charge is 2.35. The van der Waals surface area contributed by atoms with Crippen molar-refractivity contribution < 1.29 is 17.9 Å². The molecule has 0 saturated carbocycles. The van der Waals surface area contributed by atoms with Crippen LogP contribution in [0.3, 0.4) is 0 Å². The van der Waals surface area contributed by atoms with Crippen LogP contribution in [0, 0.1) is 0 Å². The van der Waals surface area contributed by atoms with Crippen LogP contribution in [0.4, 0.5) is 0 Å². The number of methoxy groups -OCH3 is 1. The maximum atomic E-state index is 11.7. The normalized spacial score (nSPS) is 23.1. The first-order chi connectivity index (χ1) is 13.5. The van der Waals surface area contributed by atoms with Crippen LogP contribution in [-0.2, 0) is 20.0 Å². The molecule has 2 fully saturated rings. The largest absolute Gasteiger partial charge is 0.497 e. The van der Waals surface area contributed by atoms with E-state index in [4.69, 9.17) is 14.5 Å². The van der Waals surface area contributed by atoms with Crippen molar-refractivity contribution in [2.45, 2.75) is 37.6 Å². The van der Waals surface area contributed by atoms with Gasteiger partial charge in [-0.1, -0.05) is 12.1 Å². The lowest BCUT2D eigenvalue weighted by Gasteiger charge is -2.37. The molecule has 3 rings (SSSR count). The molecule has 164 valence electrons. The fourth-order valence-corrected chi connectivity index (χ4v) is 5.57. The van der Waals surface area contributed by atoms with Crippen molar-refractivity contribution in [3.05, 3.63) is 29.8 Å². The van der Waals surface area contributed by atoms with E-state index in [1.165, 1.54) is 5.56 Å². The van der Waals surface area contributed by atoms with E-state index in [2.05, 4.69) is 22.8 Å². The fraction of sp³-hybridized carbons (Fsp3) is 0.650. The Morgan fingerprint density at radius 1 is 1.28 bits per heavy atom. The van der Waals surface area contributed by atoms with Gasteiger partial charge >= 0.3 is 0 Å². The van der Waals surface area contributed by atoms with E-state index in [9.17, 15) is 8.42 Å². The number of hydrogen-bond acceptors (Lipinski definition) is 5. The van der Waals surface area contributed by atoms with Crippen molar-refractivity contribution in [3.8, 4) is 5.75 Å². The fourth-order valence-electron chi connectivity index (χ4n) is 3.90. The summed E-state index contributed by atoms with van der Waals surface area (Å²) >= 11 is 0. The summed E-state index contributed by atoms with van der Waals surface area (Å²) in [4.78, 5) is 4.85. The van der Waals surface area contributed by atoms with Gasteiger partial charge in [-0.2, -0.15) is 0 Å². The lowest BCUT2D eigenvalue weighted by Crippen LogP contribution is -2.45. The van der Waals surface area contributed by atoms with Crippen LogP contribution in [0.15, 0.2) is 29.3 Å². The zero-order valence-corrected chi connectivity index (χ0v) is 20.3. The molecule has 9 heteroatoms. The van der Waals surface area contributed by atoms with Gasteiger partial charge in [0.2, 0.25) is 0 Å². The zero-order chi connectivity index (χ0) is 20.0. The third kappa shape index (κ3) is 6.45. The number of nitrogens with zero attached hydrogens (tertiary/aromatic N) is 1. The van der Waals surface area contributed by atoms with E-state index >= 15 is 0 Å². The van der Waals surface area contributed by atoms with E-state index < -0.39 is 9.84 Å². The van der Waals surface area contributed by atoms with Crippen LogP contribution < -0.4 is 15.4 Å². The van der Waals surface area contributed by atoms with Gasteiger partial charge in [-0.15, -0.1) is 24.0 Å². The van der Waals surface area contributed by atoms with Gasteiger partial charge in [0.25, 0.3) is 0 Å². The molecule has 2 saturated heterocycles. The number of aliphatic imine (C=N–C) groups is 1. The van der Waals surface area contributed by atoms with Crippen molar-refractivity contribution in [1.82, 2.24) is 10.6 Å². The summed E-state index contributed by atoms with van der Waals surface area (Å²) in [5.41, 5.74) is 1.15. The zero-order valence-electron chi connectivity index (χ0n) is 17.1. The second kappa shape index (κ2) is 10.8. The lowest BCUT2D eigenvalue weighted by atomic mass is 9.74. The third-order valence-corrected chi connectivity index (χ3v) is 7.38. The monoisotopic (exact) mass is 537 g/mol. The summed E-state index contributed by atoms with van der Waals surface area (Å²) in [7, 11) is -1.26. The number of benzene rings is 1. The maximum Gasteiger partial charge on any atom is 0.191 e. The number of hydrogen-bond donors (Lipinski definition) is 2. The summed E-state index contributed by atoms with van der Waals surface area (Å²) < 4.78 is 34.4. The summed E-state index contributed by atoms with van der Waals surface area (Å²) in [5.74, 6) is 1.95. The van der Waals surface area contributed by atoms with E-state index in [-0.39, 0.29) is 46.9 Å². The molecule has 29 heavy (non-hydrogen) atoms. The quantitative estimate of drug-likeness (QED) is 0.329. The molecule has 0 radical (unpaired) electrons. The number of halogens is 1. The van der Waals surface area contributed by atoms with E-state index in [0.717, 1.165) is 25.1 Å². The number of nitrogens with one attached hydrogen (secondary N) is 2. The Kier molecular flexibility index (Phi) is 9.02. The third-order valence-electron chi connectivity index (χ3n) is 5.61. The van der Waals surface area contributed by atoms with E-state index in [1.54, 1.807) is 7.11 Å². The van der Waals surface area contributed by atoms with Crippen LogP contribution in [0.1, 0.15) is 31.7 Å². The summed E-state index contributed by atoms with van der Waals surface area (Å²) in [6.07, 6.45) is 2.43. The topological polar surface area (TPSA) is 89.0 Å². The summed E-state index contributed by atoms with van der Waals surface area (Å²) in [5, 5.41) is 6.56. The maximum absolute atomic E-state index is 11.7. The average Bonchev–Trinajstić information content (AvgIpc) is 3.05. The summed E-state index contributed by atoms with van der Waals surface area (Å²) in [6.45, 7) is 4.79. The molecular weight excluding hydrogens is 505 g/mol. The molecule has 2 aliphatic rings. The van der Waals surface area contributed by atoms with Crippen LogP contribution >= 0.6 is 24.0 Å². The lowest BCUT2D eigenvalue weighted by molar-refractivity contribution is 0.0531. The molecule has 1 aromatic carbocycles. The molecule has 7 nitrogen and oxygen atoms in total. The minimum atomic E-state index is -2.93. The molecule has 0 spiro atoms. The highest BCUT2D eigenvalue weighted by molar-refractivity contribution is 14.0. The van der Waals surface area contributed by atoms with Gasteiger partial charge < -0.3 is 20.1 Å². The second-order valence-corrected chi connectivity index (χ2v) is 9.79. The first-order valence-electron chi connectivity index (χ1n) is 9.94. The Bertz CT molecular complexity index is 777. The predicted octanol–water partition coefficient (Wildman–Crippen LogP) is 2.10. The van der Waals surface area contributed by atoms with Crippen LogP contribution in [0.2, 0.25) is 0 Å². The average molecular weight is 537 g/mol. The van der Waals surface area contributed by atoms with Crippen molar-refractivity contribution in [1.29, 1.82) is 0 Å². The number of rotatable bonds is 6. The molecule has 0 bridgehead atoms. The molecule has 0 aromatic heterocycles. The van der Waals surface area contributed by atoms with Crippen molar-refractivity contribution in [2.75, 3.05) is 44.9 Å². The molecule has 0 amide bonds. The summed E-state index contributed by atoms with van der Waals surface area (Å²) in [6, 6.07) is 8.13. The highest BCUT2D eigenvalue weighted by Crippen LogP contribution is 2.36. The van der Waals surface area contributed by atoms with Gasteiger partial charge in [0, 0.05) is 31.2 Å². The van der Waals surface area contributed by atoms with Crippen LogP contribution in [0.5, 0.6) is 5.75 Å². The second-order valence-electron chi connectivity index (χ2n) is 7.56. The van der Waals surface area contributed by atoms with Crippen LogP contribution in [0.25, 0.3) is 0 Å². The Morgan fingerprint density at radius 3 is 2.52 bits per heavy atom. The molecular formula is C20H32IN3O4S. The Morgan fingerprint density at radius 2 is 1.97 bits per heavy atom. The van der Waals surface area contributed by atoms with Gasteiger partial charge in [0.05, 0.1) is 25.2 Å². The number of guanidine groups is 1. The molecule has 2 N–H and O–H groups in total. The minimum Gasteiger partial charge on any atom is -0.497 e. The Hall–Kier alpha value is -1.07. The minimum absolute atomic E-state index is 0. The highest BCUT2D eigenvalue weighted by atomic mass is 127. The standard InChI is InChI=1S/C20H31N3O4S.HI/c1-3-21-19(23-17-8-13-28(24,25)14-17)22-15-20(9-11-27-12-10-20)16-4-6-18(26-2)7-5-16;/h4-7,17H,3,8-15H2,1-2H3,(H2,21,22,23);1H. The van der Waals surface area contributed by atoms with Gasteiger partial charge in [-0.25, -0.2) is 8.42 Å². The molecule has 1 unspecified atom stereocenters. The van der Waals surface area contributed by atoms with Crippen molar-refractivity contribution in [2.24, 2.45) is 4.99 Å². The van der Waals surface area contributed by atoms with E-state index in [1.807, 2.05) is 19.1 Å². The number of ether oxygens (including phenoxy) is 2. The smallest absolute Gasteiger partial charge is 0.191 e. The van der Waals surface area contributed by atoms with Crippen molar-refractivity contribution in [3.63, 3.8) is 0 Å². The Labute approximate surface area is 191 Å². The van der Waals surface area contributed by atoms with Gasteiger partial charge in [-0.05, 0) is 43.9 Å². The Balaban J connectivity index is 0.00000300. The van der Waals surface area contributed by atoms with E-state index in [0.29, 0.717) is 32.1 Å². The van der Waals surface area contributed by atoms with Crippen molar-refractivity contribution >= 4 is 39.8 Å². The SMILES string of the molecule is CCNC(=NCC1(c2ccc(OC)cc2)CCOCC1)NC1CCS(=O)(=O)C1.I. The molecule has 0 aliphatic carbocycles. The van der Waals surface area contributed by atoms with Gasteiger partial charge in [0.1, 0.15) is 5.75 Å².